The molecule has 0 atom stereocenters. The SMILES string of the molecule is C=CC(=O)OCCOCCOC(=O)CCCCCCC. The van der Waals surface area contributed by atoms with Crippen LogP contribution in [0.3, 0.4) is 0 Å². The second-order valence-electron chi connectivity index (χ2n) is 4.37. The van der Waals surface area contributed by atoms with Crippen molar-refractivity contribution in [3.8, 4) is 0 Å². The lowest BCUT2D eigenvalue weighted by molar-refractivity contribution is -0.145. The highest BCUT2D eigenvalue weighted by atomic mass is 16.6. The molecular weight excluding hydrogens is 260 g/mol. The zero-order valence-electron chi connectivity index (χ0n) is 12.4. The third-order valence-electron chi connectivity index (χ3n) is 2.61. The highest BCUT2D eigenvalue weighted by molar-refractivity contribution is 5.81. The van der Waals surface area contributed by atoms with Gasteiger partial charge in [-0.05, 0) is 6.42 Å². The molecule has 0 N–H and O–H groups in total. The van der Waals surface area contributed by atoms with Gasteiger partial charge in [-0.25, -0.2) is 4.79 Å². The molecule has 0 aliphatic heterocycles. The van der Waals surface area contributed by atoms with Gasteiger partial charge in [-0.15, -0.1) is 0 Å². The smallest absolute Gasteiger partial charge is 0.330 e. The van der Waals surface area contributed by atoms with Gasteiger partial charge in [-0.3, -0.25) is 4.79 Å². The third-order valence-corrected chi connectivity index (χ3v) is 2.61. The Bertz CT molecular complexity index is 275. The standard InChI is InChI=1S/C15H26O5/c1-3-5-6-7-8-9-15(17)20-13-11-18-10-12-19-14(16)4-2/h4H,2-3,5-13H2,1H3. The number of rotatable bonds is 13. The molecule has 0 fully saturated rings. The second kappa shape index (κ2) is 14.1. The van der Waals surface area contributed by atoms with Crippen molar-refractivity contribution >= 4 is 11.9 Å². The molecule has 0 aromatic carbocycles. The molecule has 20 heavy (non-hydrogen) atoms. The van der Waals surface area contributed by atoms with Crippen molar-refractivity contribution < 1.29 is 23.8 Å². The van der Waals surface area contributed by atoms with Crippen molar-refractivity contribution in [3.05, 3.63) is 12.7 Å². The number of carbonyl (C=O) groups excluding carboxylic acids is 2. The van der Waals surface area contributed by atoms with Gasteiger partial charge in [0.15, 0.2) is 0 Å². The van der Waals surface area contributed by atoms with Crippen molar-refractivity contribution in [3.63, 3.8) is 0 Å². The van der Waals surface area contributed by atoms with Crippen LogP contribution in [0.4, 0.5) is 0 Å². The lowest BCUT2D eigenvalue weighted by Gasteiger charge is -2.06. The summed E-state index contributed by atoms with van der Waals surface area (Å²) in [6.45, 7) is 6.45. The van der Waals surface area contributed by atoms with Crippen LogP contribution in [0.25, 0.3) is 0 Å². The normalized spacial score (nSPS) is 10.1. The first-order valence-corrected chi connectivity index (χ1v) is 7.23. The minimum Gasteiger partial charge on any atom is -0.463 e. The topological polar surface area (TPSA) is 61.8 Å². The fraction of sp³-hybridized carbons (Fsp3) is 0.733. The average Bonchev–Trinajstić information content (AvgIpc) is 2.45. The van der Waals surface area contributed by atoms with Crippen LogP contribution < -0.4 is 0 Å². The van der Waals surface area contributed by atoms with Crippen LogP contribution in [0.1, 0.15) is 45.4 Å². The Morgan fingerprint density at radius 3 is 2.25 bits per heavy atom. The first-order valence-electron chi connectivity index (χ1n) is 7.23. The summed E-state index contributed by atoms with van der Waals surface area (Å²) in [5.41, 5.74) is 0. The zero-order valence-corrected chi connectivity index (χ0v) is 12.4. The maximum Gasteiger partial charge on any atom is 0.330 e. The molecule has 0 saturated heterocycles. The summed E-state index contributed by atoms with van der Waals surface area (Å²) in [6.07, 6.45) is 7.13. The van der Waals surface area contributed by atoms with Gasteiger partial charge in [-0.2, -0.15) is 0 Å². The average molecular weight is 286 g/mol. The summed E-state index contributed by atoms with van der Waals surface area (Å²) in [4.78, 5) is 22.0. The van der Waals surface area contributed by atoms with Crippen LogP contribution in [0.5, 0.6) is 0 Å². The Balaban J connectivity index is 3.23. The summed E-state index contributed by atoms with van der Waals surface area (Å²) >= 11 is 0. The molecule has 0 aliphatic rings. The summed E-state index contributed by atoms with van der Waals surface area (Å²) in [6, 6.07) is 0. The van der Waals surface area contributed by atoms with E-state index in [2.05, 4.69) is 13.5 Å². The zero-order chi connectivity index (χ0) is 15.1. The van der Waals surface area contributed by atoms with Gasteiger partial charge >= 0.3 is 11.9 Å². The van der Waals surface area contributed by atoms with Gasteiger partial charge in [0.05, 0.1) is 13.2 Å². The molecule has 0 aliphatic carbocycles. The van der Waals surface area contributed by atoms with E-state index in [-0.39, 0.29) is 25.8 Å². The van der Waals surface area contributed by atoms with Crippen LogP contribution in [-0.2, 0) is 23.8 Å². The summed E-state index contributed by atoms with van der Waals surface area (Å²) in [7, 11) is 0. The van der Waals surface area contributed by atoms with E-state index < -0.39 is 5.97 Å². The monoisotopic (exact) mass is 286 g/mol. The fourth-order valence-electron chi connectivity index (χ4n) is 1.52. The largest absolute Gasteiger partial charge is 0.463 e. The molecule has 0 heterocycles. The molecule has 5 heteroatoms. The Morgan fingerprint density at radius 2 is 1.60 bits per heavy atom. The lowest BCUT2D eigenvalue weighted by Crippen LogP contribution is -2.13. The number of ether oxygens (including phenoxy) is 3. The highest BCUT2D eigenvalue weighted by Crippen LogP contribution is 2.05. The molecular formula is C15H26O5. The maximum absolute atomic E-state index is 11.3. The van der Waals surface area contributed by atoms with E-state index in [0.29, 0.717) is 13.0 Å². The molecule has 0 bridgehead atoms. The molecule has 5 nitrogen and oxygen atoms in total. The molecule has 0 spiro atoms. The lowest BCUT2D eigenvalue weighted by atomic mass is 10.1. The van der Waals surface area contributed by atoms with Gasteiger partial charge in [0, 0.05) is 12.5 Å². The number of carbonyl (C=O) groups is 2. The van der Waals surface area contributed by atoms with Crippen molar-refractivity contribution in [2.45, 2.75) is 45.4 Å². The Morgan fingerprint density at radius 1 is 0.950 bits per heavy atom. The van der Waals surface area contributed by atoms with Gasteiger partial charge in [-0.1, -0.05) is 39.2 Å². The molecule has 0 saturated carbocycles. The van der Waals surface area contributed by atoms with Crippen molar-refractivity contribution in [2.75, 3.05) is 26.4 Å². The van der Waals surface area contributed by atoms with Crippen molar-refractivity contribution in [2.24, 2.45) is 0 Å². The first kappa shape index (κ1) is 18.6. The predicted octanol–water partition coefficient (Wildman–Crippen LogP) is 2.64. The van der Waals surface area contributed by atoms with E-state index in [1.54, 1.807) is 0 Å². The highest BCUT2D eigenvalue weighted by Gasteiger charge is 2.02. The number of hydrogen-bond acceptors (Lipinski definition) is 5. The van der Waals surface area contributed by atoms with Gasteiger partial charge in [0.2, 0.25) is 0 Å². The number of esters is 2. The van der Waals surface area contributed by atoms with Crippen LogP contribution in [0.15, 0.2) is 12.7 Å². The molecule has 116 valence electrons. The van der Waals surface area contributed by atoms with E-state index >= 15 is 0 Å². The van der Waals surface area contributed by atoms with Crippen molar-refractivity contribution in [1.82, 2.24) is 0 Å². The van der Waals surface area contributed by atoms with Crippen LogP contribution in [-0.4, -0.2) is 38.4 Å². The molecule has 0 rings (SSSR count). The fourth-order valence-corrected chi connectivity index (χ4v) is 1.52. The maximum atomic E-state index is 11.3. The van der Waals surface area contributed by atoms with E-state index in [9.17, 15) is 9.59 Å². The Kier molecular flexibility index (Phi) is 13.1. The number of unbranched alkanes of at least 4 members (excludes halogenated alkanes) is 4. The van der Waals surface area contributed by atoms with Crippen LogP contribution in [0, 0.1) is 0 Å². The summed E-state index contributed by atoms with van der Waals surface area (Å²) in [5, 5.41) is 0. The third kappa shape index (κ3) is 13.1. The van der Waals surface area contributed by atoms with Gasteiger partial charge in [0.1, 0.15) is 13.2 Å². The molecule has 0 radical (unpaired) electrons. The van der Waals surface area contributed by atoms with Gasteiger partial charge in [0.25, 0.3) is 0 Å². The first-order chi connectivity index (χ1) is 9.70. The van der Waals surface area contributed by atoms with Crippen molar-refractivity contribution in [1.29, 1.82) is 0 Å². The predicted molar refractivity (Wildman–Crippen MR) is 76.3 cm³/mol. The minimum atomic E-state index is -0.469. The molecule has 0 amide bonds. The van der Waals surface area contributed by atoms with Gasteiger partial charge < -0.3 is 14.2 Å². The summed E-state index contributed by atoms with van der Waals surface area (Å²) in [5.74, 6) is -0.647. The van der Waals surface area contributed by atoms with E-state index in [1.165, 1.54) is 19.3 Å². The molecule has 0 aromatic rings. The quantitative estimate of drug-likeness (QED) is 0.296. The van der Waals surface area contributed by atoms with Crippen LogP contribution in [0.2, 0.25) is 0 Å². The Hall–Kier alpha value is -1.36. The van der Waals surface area contributed by atoms with E-state index in [0.717, 1.165) is 18.9 Å². The minimum absolute atomic E-state index is 0.177. The van der Waals surface area contributed by atoms with E-state index in [4.69, 9.17) is 14.2 Å². The Labute approximate surface area is 121 Å². The second-order valence-corrected chi connectivity index (χ2v) is 4.37. The molecule has 0 aromatic heterocycles. The van der Waals surface area contributed by atoms with Crippen LogP contribution >= 0.6 is 0 Å². The summed E-state index contributed by atoms with van der Waals surface area (Å²) < 4.78 is 14.9. The van der Waals surface area contributed by atoms with E-state index in [1.807, 2.05) is 0 Å². The number of hydrogen-bond donors (Lipinski definition) is 0. The molecule has 0 unspecified atom stereocenters.